The third-order valence-electron chi connectivity index (χ3n) is 4.76. The van der Waals surface area contributed by atoms with Crippen LogP contribution in [0.25, 0.3) is 0 Å². The topological polar surface area (TPSA) is 38.8 Å². The minimum absolute atomic E-state index is 0.0763. The molecule has 2 amide bonds. The van der Waals surface area contributed by atoms with Gasteiger partial charge in [-0.1, -0.05) is 23.2 Å². The number of piperazine rings is 1. The summed E-state index contributed by atoms with van der Waals surface area (Å²) in [6, 6.07) is 5.05. The Balaban J connectivity index is 1.42. The van der Waals surface area contributed by atoms with Gasteiger partial charge >= 0.3 is 6.03 Å². The van der Waals surface area contributed by atoms with E-state index in [2.05, 4.69) is 15.1 Å². The van der Waals surface area contributed by atoms with Crippen molar-refractivity contribution in [3.8, 4) is 0 Å². The van der Waals surface area contributed by atoms with Crippen molar-refractivity contribution in [1.29, 1.82) is 0 Å². The Morgan fingerprint density at radius 2 is 1.54 bits per heavy atom. The normalized spacial score (nSPS) is 19.7. The minimum Gasteiger partial charge on any atom is -0.322 e. The van der Waals surface area contributed by atoms with E-state index in [4.69, 9.17) is 23.2 Å². The van der Waals surface area contributed by atoms with Gasteiger partial charge in [-0.2, -0.15) is 0 Å². The Labute approximate surface area is 153 Å². The van der Waals surface area contributed by atoms with Crippen LogP contribution in [-0.2, 0) is 0 Å². The van der Waals surface area contributed by atoms with Crippen molar-refractivity contribution < 1.29 is 4.79 Å². The van der Waals surface area contributed by atoms with Crippen LogP contribution in [0.5, 0.6) is 0 Å². The summed E-state index contributed by atoms with van der Waals surface area (Å²) >= 11 is 11.9. The maximum Gasteiger partial charge on any atom is 0.321 e. The number of carbonyl (C=O) groups is 1. The lowest BCUT2D eigenvalue weighted by molar-refractivity contribution is 0.137. The molecule has 2 heterocycles. The molecule has 0 bridgehead atoms. The molecule has 0 aliphatic carbocycles. The third-order valence-corrected chi connectivity index (χ3v) is 5.50. The van der Waals surface area contributed by atoms with Gasteiger partial charge in [0, 0.05) is 45.0 Å². The highest BCUT2D eigenvalue weighted by molar-refractivity contribution is 6.42. The van der Waals surface area contributed by atoms with E-state index in [-0.39, 0.29) is 6.03 Å². The van der Waals surface area contributed by atoms with Crippen LogP contribution in [0.4, 0.5) is 10.5 Å². The molecule has 2 aliphatic heterocycles. The Morgan fingerprint density at radius 1 is 0.917 bits per heavy atom. The molecule has 2 saturated heterocycles. The Morgan fingerprint density at radius 3 is 2.17 bits per heavy atom. The van der Waals surface area contributed by atoms with Crippen molar-refractivity contribution in [3.63, 3.8) is 0 Å². The summed E-state index contributed by atoms with van der Waals surface area (Å²) in [5.41, 5.74) is 0.672. The lowest BCUT2D eigenvalue weighted by atomic mass is 10.3. The van der Waals surface area contributed by atoms with Gasteiger partial charge < -0.3 is 15.1 Å². The fourth-order valence-corrected chi connectivity index (χ4v) is 3.54. The number of rotatable bonds is 4. The van der Waals surface area contributed by atoms with Gasteiger partial charge in [-0.15, -0.1) is 0 Å². The second-order valence-electron chi connectivity index (χ2n) is 6.44. The average Bonchev–Trinajstić information content (AvgIpc) is 3.10. The maximum absolute atomic E-state index is 12.3. The number of nitrogens with zero attached hydrogens (tertiary/aromatic N) is 3. The van der Waals surface area contributed by atoms with Crippen LogP contribution in [0.1, 0.15) is 12.8 Å². The number of amides is 2. The molecule has 2 aliphatic rings. The first kappa shape index (κ1) is 17.8. The molecule has 7 heteroatoms. The van der Waals surface area contributed by atoms with E-state index in [9.17, 15) is 4.79 Å². The molecule has 3 rings (SSSR count). The highest BCUT2D eigenvalue weighted by Gasteiger charge is 2.22. The Kier molecular flexibility index (Phi) is 6.22. The molecule has 24 heavy (non-hydrogen) atoms. The number of urea groups is 1. The number of halogens is 2. The number of benzene rings is 1. The van der Waals surface area contributed by atoms with E-state index >= 15 is 0 Å². The molecule has 1 aromatic carbocycles. The highest BCUT2D eigenvalue weighted by Crippen LogP contribution is 2.25. The van der Waals surface area contributed by atoms with E-state index in [1.54, 1.807) is 18.2 Å². The molecular formula is C17H24Cl2N4O. The summed E-state index contributed by atoms with van der Waals surface area (Å²) in [6.07, 6.45) is 2.67. The van der Waals surface area contributed by atoms with Crippen molar-refractivity contribution in [3.05, 3.63) is 28.2 Å². The zero-order chi connectivity index (χ0) is 16.9. The summed E-state index contributed by atoms with van der Waals surface area (Å²) < 4.78 is 0. The molecule has 1 aromatic rings. The van der Waals surface area contributed by atoms with Gasteiger partial charge in [0.05, 0.1) is 10.0 Å². The van der Waals surface area contributed by atoms with Crippen LogP contribution >= 0.6 is 23.2 Å². The highest BCUT2D eigenvalue weighted by atomic mass is 35.5. The number of anilines is 1. The van der Waals surface area contributed by atoms with E-state index < -0.39 is 0 Å². The predicted molar refractivity (Wildman–Crippen MR) is 99.2 cm³/mol. The fraction of sp³-hybridized carbons (Fsp3) is 0.588. The number of likely N-dealkylation sites (tertiary alicyclic amines) is 1. The monoisotopic (exact) mass is 370 g/mol. The number of carbonyl (C=O) groups excluding carboxylic acids is 1. The van der Waals surface area contributed by atoms with Crippen molar-refractivity contribution in [2.75, 3.05) is 57.7 Å². The molecule has 0 unspecified atom stereocenters. The van der Waals surface area contributed by atoms with E-state index in [0.717, 1.165) is 39.3 Å². The molecule has 1 N–H and O–H groups in total. The van der Waals surface area contributed by atoms with E-state index in [1.165, 1.54) is 25.9 Å². The van der Waals surface area contributed by atoms with Gasteiger partial charge in [0.25, 0.3) is 0 Å². The lowest BCUT2D eigenvalue weighted by Gasteiger charge is -2.35. The first-order valence-electron chi connectivity index (χ1n) is 8.57. The largest absolute Gasteiger partial charge is 0.322 e. The summed E-state index contributed by atoms with van der Waals surface area (Å²) in [5, 5.41) is 3.82. The van der Waals surface area contributed by atoms with Gasteiger partial charge in [0.2, 0.25) is 0 Å². The van der Waals surface area contributed by atoms with Crippen molar-refractivity contribution in [1.82, 2.24) is 14.7 Å². The molecule has 0 atom stereocenters. The van der Waals surface area contributed by atoms with Gasteiger partial charge in [-0.3, -0.25) is 4.90 Å². The van der Waals surface area contributed by atoms with Crippen molar-refractivity contribution in [2.45, 2.75) is 12.8 Å². The van der Waals surface area contributed by atoms with Crippen LogP contribution in [0.15, 0.2) is 18.2 Å². The predicted octanol–water partition coefficient (Wildman–Crippen LogP) is 3.24. The summed E-state index contributed by atoms with van der Waals surface area (Å²) in [4.78, 5) is 19.2. The molecule has 2 fully saturated rings. The van der Waals surface area contributed by atoms with Gasteiger partial charge in [0.1, 0.15) is 0 Å². The lowest BCUT2D eigenvalue weighted by Crippen LogP contribution is -2.51. The molecule has 0 spiro atoms. The van der Waals surface area contributed by atoms with Crippen molar-refractivity contribution >= 4 is 34.9 Å². The minimum atomic E-state index is -0.0763. The molecule has 0 aromatic heterocycles. The zero-order valence-corrected chi connectivity index (χ0v) is 15.3. The molecule has 5 nitrogen and oxygen atoms in total. The van der Waals surface area contributed by atoms with Gasteiger partial charge in [-0.05, 0) is 44.1 Å². The van der Waals surface area contributed by atoms with Gasteiger partial charge in [-0.25, -0.2) is 4.79 Å². The Hall–Kier alpha value is -1.01. The van der Waals surface area contributed by atoms with Crippen LogP contribution in [0.3, 0.4) is 0 Å². The first-order valence-corrected chi connectivity index (χ1v) is 9.33. The van der Waals surface area contributed by atoms with Crippen LogP contribution < -0.4 is 5.32 Å². The quantitative estimate of drug-likeness (QED) is 0.883. The van der Waals surface area contributed by atoms with Crippen LogP contribution in [0, 0.1) is 0 Å². The smallest absolute Gasteiger partial charge is 0.321 e. The number of nitrogens with one attached hydrogen (secondary N) is 1. The standard InChI is InChI=1S/C17H24Cl2N4O/c18-15-4-3-14(13-16(15)19)20-17(24)23-11-9-22(10-12-23)8-7-21-5-1-2-6-21/h3-4,13H,1-2,5-12H2,(H,20,24). The molecule has 132 valence electrons. The zero-order valence-electron chi connectivity index (χ0n) is 13.8. The first-order chi connectivity index (χ1) is 11.6. The SMILES string of the molecule is O=C(Nc1ccc(Cl)c(Cl)c1)N1CCN(CCN2CCCC2)CC1. The molecule has 0 saturated carbocycles. The van der Waals surface area contributed by atoms with E-state index in [1.807, 2.05) is 4.90 Å². The average molecular weight is 371 g/mol. The van der Waals surface area contributed by atoms with Crippen molar-refractivity contribution in [2.24, 2.45) is 0 Å². The van der Waals surface area contributed by atoms with Crippen LogP contribution in [0.2, 0.25) is 10.0 Å². The molecular weight excluding hydrogens is 347 g/mol. The molecule has 0 radical (unpaired) electrons. The number of hydrogen-bond acceptors (Lipinski definition) is 3. The number of hydrogen-bond donors (Lipinski definition) is 1. The third kappa shape index (κ3) is 4.76. The van der Waals surface area contributed by atoms with E-state index in [0.29, 0.717) is 15.7 Å². The summed E-state index contributed by atoms with van der Waals surface area (Å²) in [6.45, 7) is 8.11. The summed E-state index contributed by atoms with van der Waals surface area (Å²) in [7, 11) is 0. The maximum atomic E-state index is 12.3. The second-order valence-corrected chi connectivity index (χ2v) is 7.25. The van der Waals surface area contributed by atoms with Crippen LogP contribution in [-0.4, -0.2) is 73.1 Å². The second kappa shape index (κ2) is 8.39. The van der Waals surface area contributed by atoms with Gasteiger partial charge in [0.15, 0.2) is 0 Å². The Bertz CT molecular complexity index is 570. The fourth-order valence-electron chi connectivity index (χ4n) is 3.24. The summed E-state index contributed by atoms with van der Waals surface area (Å²) in [5.74, 6) is 0.